The minimum absolute atomic E-state index is 0.0233. The van der Waals surface area contributed by atoms with Crippen LogP contribution in [-0.2, 0) is 19.1 Å². The molecule has 0 bridgehead atoms. The van der Waals surface area contributed by atoms with E-state index >= 15 is 0 Å². The Bertz CT molecular complexity index is 969. The van der Waals surface area contributed by atoms with Crippen LogP contribution in [0.2, 0.25) is 5.02 Å². The lowest BCUT2D eigenvalue weighted by Gasteiger charge is -2.37. The van der Waals surface area contributed by atoms with E-state index in [1.807, 2.05) is 28.5 Å². The van der Waals surface area contributed by atoms with Crippen molar-refractivity contribution in [3.63, 3.8) is 0 Å². The highest BCUT2D eigenvalue weighted by molar-refractivity contribution is 8.16. The lowest BCUT2D eigenvalue weighted by molar-refractivity contribution is -0.136. The van der Waals surface area contributed by atoms with Crippen molar-refractivity contribution in [3.8, 4) is 0 Å². The van der Waals surface area contributed by atoms with Crippen molar-refractivity contribution >= 4 is 40.4 Å². The predicted molar refractivity (Wildman–Crippen MR) is 116 cm³/mol. The summed E-state index contributed by atoms with van der Waals surface area (Å²) in [5, 5.41) is 3.18. The number of rotatable bonds is 4. The standard InChI is InChI=1S/C21H22ClN3O4S/c1-13-18(20(27)28-2)19(15-5-3-4-6-16(15)22)25-14(12-30-21(25)23-13)11-17(26)24-7-9-29-10-8-24/h3-6,12,19H,7-11H2,1-2H3/t19-/m1/s1. The van der Waals surface area contributed by atoms with Crippen LogP contribution in [0.3, 0.4) is 0 Å². The van der Waals surface area contributed by atoms with E-state index in [1.54, 1.807) is 17.9 Å². The van der Waals surface area contributed by atoms with Gasteiger partial charge >= 0.3 is 5.97 Å². The SMILES string of the molecule is COC(=O)C1=C(C)N=C2SC=C(CC(=O)N3CCOCC3)N2[C@@H]1c1ccccc1Cl. The minimum Gasteiger partial charge on any atom is -0.466 e. The summed E-state index contributed by atoms with van der Waals surface area (Å²) in [5.74, 6) is -0.439. The van der Waals surface area contributed by atoms with Gasteiger partial charge in [0.1, 0.15) is 0 Å². The molecule has 1 aromatic carbocycles. The molecule has 1 amide bonds. The maximum absolute atomic E-state index is 12.9. The number of methoxy groups -OCH3 is 1. The fourth-order valence-electron chi connectivity index (χ4n) is 3.81. The van der Waals surface area contributed by atoms with Gasteiger partial charge in [0, 0.05) is 23.8 Å². The lowest BCUT2D eigenvalue weighted by atomic mass is 9.93. The summed E-state index contributed by atoms with van der Waals surface area (Å²) in [5.41, 5.74) is 2.55. The Labute approximate surface area is 184 Å². The van der Waals surface area contributed by atoms with Crippen LogP contribution in [0, 0.1) is 0 Å². The number of hydrogen-bond acceptors (Lipinski definition) is 7. The zero-order valence-corrected chi connectivity index (χ0v) is 18.3. The van der Waals surface area contributed by atoms with Crippen LogP contribution >= 0.6 is 23.4 Å². The molecule has 0 N–H and O–H groups in total. The summed E-state index contributed by atoms with van der Waals surface area (Å²) < 4.78 is 10.4. The topological polar surface area (TPSA) is 71.4 Å². The first kappa shape index (κ1) is 21.0. The number of amides is 1. The number of nitrogens with zero attached hydrogens (tertiary/aromatic N) is 3. The van der Waals surface area contributed by atoms with Crippen LogP contribution in [0.25, 0.3) is 0 Å². The number of esters is 1. The number of carbonyl (C=O) groups excluding carboxylic acids is 2. The second-order valence-corrected chi connectivity index (χ2v) is 8.32. The summed E-state index contributed by atoms with van der Waals surface area (Å²) in [6, 6.07) is 6.88. The lowest BCUT2D eigenvalue weighted by Crippen LogP contribution is -2.42. The quantitative estimate of drug-likeness (QED) is 0.659. The fraction of sp³-hybridized carbons (Fsp3) is 0.381. The van der Waals surface area contributed by atoms with Gasteiger partial charge in [-0.2, -0.15) is 0 Å². The molecule has 0 unspecified atom stereocenters. The van der Waals surface area contributed by atoms with Crippen LogP contribution in [0.4, 0.5) is 0 Å². The Kier molecular flexibility index (Phi) is 6.17. The number of benzene rings is 1. The number of hydrogen-bond donors (Lipinski definition) is 0. The molecule has 1 fully saturated rings. The number of aliphatic imine (C=N–C) groups is 1. The second-order valence-electron chi connectivity index (χ2n) is 7.08. The average Bonchev–Trinajstić information content (AvgIpc) is 3.15. The molecule has 1 atom stereocenters. The number of carbonyl (C=O) groups is 2. The van der Waals surface area contributed by atoms with Gasteiger partial charge in [0.15, 0.2) is 5.17 Å². The monoisotopic (exact) mass is 447 g/mol. The summed E-state index contributed by atoms with van der Waals surface area (Å²) >= 11 is 7.97. The predicted octanol–water partition coefficient (Wildman–Crippen LogP) is 3.34. The van der Waals surface area contributed by atoms with Crippen molar-refractivity contribution in [2.75, 3.05) is 33.4 Å². The number of thioether (sulfide) groups is 1. The van der Waals surface area contributed by atoms with Crippen molar-refractivity contribution in [2.45, 2.75) is 19.4 Å². The molecule has 9 heteroatoms. The second kappa shape index (κ2) is 8.83. The van der Waals surface area contributed by atoms with E-state index in [1.165, 1.54) is 18.9 Å². The zero-order chi connectivity index (χ0) is 21.3. The fourth-order valence-corrected chi connectivity index (χ4v) is 5.01. The molecule has 158 valence electrons. The third kappa shape index (κ3) is 3.87. The average molecular weight is 448 g/mol. The molecule has 7 nitrogen and oxygen atoms in total. The van der Waals surface area contributed by atoms with E-state index in [0.29, 0.717) is 42.6 Å². The Morgan fingerprint density at radius 3 is 2.73 bits per heavy atom. The molecule has 0 aliphatic carbocycles. The molecule has 30 heavy (non-hydrogen) atoms. The normalized spacial score (nSPS) is 21.2. The van der Waals surface area contributed by atoms with E-state index in [0.717, 1.165) is 16.4 Å². The van der Waals surface area contributed by atoms with Crippen LogP contribution in [0.5, 0.6) is 0 Å². The highest BCUT2D eigenvalue weighted by atomic mass is 35.5. The number of ether oxygens (including phenoxy) is 2. The molecule has 4 rings (SSSR count). The van der Waals surface area contributed by atoms with Crippen LogP contribution in [-0.4, -0.2) is 60.3 Å². The van der Waals surface area contributed by atoms with Crippen LogP contribution in [0.15, 0.2) is 51.6 Å². The summed E-state index contributed by atoms with van der Waals surface area (Å²) in [6.45, 7) is 4.05. The minimum atomic E-state index is -0.516. The van der Waals surface area contributed by atoms with Crippen molar-refractivity contribution in [2.24, 2.45) is 4.99 Å². The van der Waals surface area contributed by atoms with Crippen molar-refractivity contribution in [3.05, 3.63) is 57.2 Å². The molecule has 3 aliphatic rings. The smallest absolute Gasteiger partial charge is 0.338 e. The van der Waals surface area contributed by atoms with Crippen LogP contribution in [0.1, 0.15) is 24.9 Å². The molecule has 0 aromatic heterocycles. The van der Waals surface area contributed by atoms with Gasteiger partial charge in [-0.25, -0.2) is 9.79 Å². The summed E-state index contributed by atoms with van der Waals surface area (Å²) in [7, 11) is 1.35. The van der Waals surface area contributed by atoms with Gasteiger partial charge in [-0.15, -0.1) is 0 Å². The molecule has 0 saturated carbocycles. The molecule has 1 saturated heterocycles. The Morgan fingerprint density at radius 2 is 2.03 bits per heavy atom. The van der Waals surface area contributed by atoms with E-state index in [2.05, 4.69) is 4.99 Å². The van der Waals surface area contributed by atoms with Gasteiger partial charge in [-0.1, -0.05) is 41.6 Å². The number of amidine groups is 1. The molecule has 3 aliphatic heterocycles. The summed E-state index contributed by atoms with van der Waals surface area (Å²) in [6.07, 6.45) is 0.209. The highest BCUT2D eigenvalue weighted by Gasteiger charge is 2.42. The van der Waals surface area contributed by atoms with E-state index in [4.69, 9.17) is 21.1 Å². The maximum Gasteiger partial charge on any atom is 0.338 e. The molecule has 0 spiro atoms. The van der Waals surface area contributed by atoms with Crippen LogP contribution < -0.4 is 0 Å². The molecular weight excluding hydrogens is 426 g/mol. The number of halogens is 1. The molecule has 3 heterocycles. The van der Waals surface area contributed by atoms with Gasteiger partial charge in [0.05, 0.1) is 44.1 Å². The highest BCUT2D eigenvalue weighted by Crippen LogP contribution is 2.46. The van der Waals surface area contributed by atoms with E-state index in [9.17, 15) is 9.59 Å². The van der Waals surface area contributed by atoms with Gasteiger partial charge in [-0.05, 0) is 24.0 Å². The summed E-state index contributed by atoms with van der Waals surface area (Å²) in [4.78, 5) is 34.0. The van der Waals surface area contributed by atoms with Gasteiger partial charge in [0.25, 0.3) is 0 Å². The third-order valence-corrected chi connectivity index (χ3v) is 6.53. The number of fused-ring (bicyclic) bond motifs is 1. The Morgan fingerprint density at radius 1 is 1.30 bits per heavy atom. The third-order valence-electron chi connectivity index (χ3n) is 5.30. The van der Waals surface area contributed by atoms with Gasteiger partial charge < -0.3 is 19.3 Å². The van der Waals surface area contributed by atoms with Crippen molar-refractivity contribution < 1.29 is 19.1 Å². The number of morpholine rings is 1. The molecule has 1 aromatic rings. The Hall–Kier alpha value is -2.29. The van der Waals surface area contributed by atoms with Gasteiger partial charge in [-0.3, -0.25) is 4.79 Å². The maximum atomic E-state index is 12.9. The zero-order valence-electron chi connectivity index (χ0n) is 16.8. The first-order valence-electron chi connectivity index (χ1n) is 9.64. The van der Waals surface area contributed by atoms with Crippen molar-refractivity contribution in [1.82, 2.24) is 9.80 Å². The number of allylic oxidation sites excluding steroid dienone is 1. The first-order chi connectivity index (χ1) is 14.5. The van der Waals surface area contributed by atoms with Gasteiger partial charge in [0.2, 0.25) is 5.91 Å². The van der Waals surface area contributed by atoms with Crippen molar-refractivity contribution in [1.29, 1.82) is 0 Å². The Balaban J connectivity index is 1.71. The van der Waals surface area contributed by atoms with E-state index < -0.39 is 12.0 Å². The molecule has 0 radical (unpaired) electrons. The molecular formula is C21H22ClN3O4S. The van der Waals surface area contributed by atoms with E-state index in [-0.39, 0.29) is 12.3 Å². The largest absolute Gasteiger partial charge is 0.466 e. The first-order valence-corrected chi connectivity index (χ1v) is 10.9.